The van der Waals surface area contributed by atoms with E-state index in [1.807, 2.05) is 68.1 Å². The number of piperazine rings is 1. The molecule has 0 unspecified atom stereocenters. The number of ether oxygens (including phenoxy) is 1. The molecule has 202 valence electrons. The topological polar surface area (TPSA) is 105 Å². The van der Waals surface area contributed by atoms with E-state index < -0.39 is 0 Å². The van der Waals surface area contributed by atoms with Crippen LogP contribution >= 0.6 is 0 Å². The summed E-state index contributed by atoms with van der Waals surface area (Å²) in [7, 11) is 3.47. The van der Waals surface area contributed by atoms with Crippen molar-refractivity contribution in [2.75, 3.05) is 38.2 Å². The van der Waals surface area contributed by atoms with Crippen molar-refractivity contribution >= 4 is 17.2 Å². The number of aromatic nitrogens is 5. The van der Waals surface area contributed by atoms with Crippen LogP contribution in [0.5, 0.6) is 5.75 Å². The molecule has 0 atom stereocenters. The number of amides is 1. The van der Waals surface area contributed by atoms with Gasteiger partial charge in [-0.1, -0.05) is 12.0 Å². The second-order valence-electron chi connectivity index (χ2n) is 9.67. The lowest BCUT2D eigenvalue weighted by Gasteiger charge is -2.34. The molecule has 0 radical (unpaired) electrons. The van der Waals surface area contributed by atoms with Gasteiger partial charge in [-0.3, -0.25) is 9.48 Å². The number of carbonyl (C=O) groups is 1. The minimum atomic E-state index is -0.192. The summed E-state index contributed by atoms with van der Waals surface area (Å²) in [4.78, 5) is 21.4. The molecule has 0 bridgehead atoms. The second-order valence-corrected chi connectivity index (χ2v) is 9.67. The normalized spacial score (nSPS) is 13.0. The van der Waals surface area contributed by atoms with Gasteiger partial charge in [-0.05, 0) is 36.4 Å². The fourth-order valence-electron chi connectivity index (χ4n) is 4.93. The van der Waals surface area contributed by atoms with Gasteiger partial charge < -0.3 is 14.5 Å². The lowest BCUT2D eigenvalue weighted by molar-refractivity contribution is -0.125. The SMILES string of the molecule is COc1cccc(C#CC(=O)N2CCN(c3ccc(-c4cc(-c5cnn(C)c5)cn5ncc(C#N)c45)cn3)CC2)c1. The molecule has 0 N–H and O–H groups in total. The molecular weight excluding hydrogens is 516 g/mol. The van der Waals surface area contributed by atoms with Gasteiger partial charge in [0.25, 0.3) is 5.91 Å². The summed E-state index contributed by atoms with van der Waals surface area (Å²) in [6.07, 6.45) is 9.05. The first-order valence-corrected chi connectivity index (χ1v) is 13.1. The number of carbonyl (C=O) groups excluding carboxylic acids is 1. The number of benzene rings is 1. The van der Waals surface area contributed by atoms with Crippen LogP contribution in [0.25, 0.3) is 27.8 Å². The molecule has 1 amide bonds. The van der Waals surface area contributed by atoms with Crippen LogP contribution in [-0.2, 0) is 11.8 Å². The van der Waals surface area contributed by atoms with E-state index in [1.54, 1.807) is 33.6 Å². The molecule has 4 aromatic heterocycles. The van der Waals surface area contributed by atoms with Crippen molar-refractivity contribution in [1.29, 1.82) is 5.26 Å². The largest absolute Gasteiger partial charge is 0.497 e. The van der Waals surface area contributed by atoms with Gasteiger partial charge in [-0.15, -0.1) is 0 Å². The number of pyridine rings is 2. The molecule has 10 nitrogen and oxygen atoms in total. The van der Waals surface area contributed by atoms with Gasteiger partial charge in [0.2, 0.25) is 0 Å². The van der Waals surface area contributed by atoms with E-state index in [-0.39, 0.29) is 5.91 Å². The van der Waals surface area contributed by atoms with Gasteiger partial charge in [0.1, 0.15) is 17.6 Å². The predicted molar refractivity (Wildman–Crippen MR) is 154 cm³/mol. The number of hydrogen-bond acceptors (Lipinski definition) is 7. The lowest BCUT2D eigenvalue weighted by Crippen LogP contribution is -2.48. The van der Waals surface area contributed by atoms with E-state index in [0.29, 0.717) is 37.5 Å². The highest BCUT2D eigenvalue weighted by atomic mass is 16.5. The smallest absolute Gasteiger partial charge is 0.298 e. The number of nitriles is 1. The summed E-state index contributed by atoms with van der Waals surface area (Å²) < 4.78 is 8.70. The molecule has 5 heterocycles. The first-order chi connectivity index (χ1) is 20.0. The number of nitrogens with zero attached hydrogens (tertiary/aromatic N) is 8. The average molecular weight is 543 g/mol. The van der Waals surface area contributed by atoms with Crippen molar-refractivity contribution in [1.82, 2.24) is 29.3 Å². The van der Waals surface area contributed by atoms with Crippen LogP contribution in [0.3, 0.4) is 0 Å². The molecular formula is C31H26N8O2. The summed E-state index contributed by atoms with van der Waals surface area (Å²) in [6, 6.07) is 15.6. The third-order valence-corrected chi connectivity index (χ3v) is 7.10. The monoisotopic (exact) mass is 542 g/mol. The maximum absolute atomic E-state index is 12.7. The van der Waals surface area contributed by atoms with Crippen LogP contribution < -0.4 is 9.64 Å². The van der Waals surface area contributed by atoms with E-state index in [9.17, 15) is 10.1 Å². The average Bonchev–Trinajstić information content (AvgIpc) is 3.65. The fourth-order valence-corrected chi connectivity index (χ4v) is 4.93. The van der Waals surface area contributed by atoms with Gasteiger partial charge in [-0.2, -0.15) is 15.5 Å². The van der Waals surface area contributed by atoms with Crippen molar-refractivity contribution in [3.63, 3.8) is 0 Å². The molecule has 1 fully saturated rings. The molecule has 1 saturated heterocycles. The third kappa shape index (κ3) is 5.19. The Hall–Kier alpha value is -5.61. The van der Waals surface area contributed by atoms with Crippen LogP contribution in [0.1, 0.15) is 11.1 Å². The molecule has 0 saturated carbocycles. The van der Waals surface area contributed by atoms with E-state index in [1.165, 1.54) is 0 Å². The zero-order valence-electron chi connectivity index (χ0n) is 22.7. The van der Waals surface area contributed by atoms with Gasteiger partial charge >= 0.3 is 0 Å². The third-order valence-electron chi connectivity index (χ3n) is 7.10. The Labute approximate surface area is 237 Å². The van der Waals surface area contributed by atoms with Crippen LogP contribution in [0.15, 0.2) is 73.4 Å². The molecule has 10 heteroatoms. The van der Waals surface area contributed by atoms with Gasteiger partial charge in [0.15, 0.2) is 0 Å². The predicted octanol–water partition coefficient (Wildman–Crippen LogP) is 3.38. The van der Waals surface area contributed by atoms with E-state index in [4.69, 9.17) is 9.72 Å². The molecule has 1 aliphatic heterocycles. The van der Waals surface area contributed by atoms with Crippen LogP contribution in [-0.4, -0.2) is 68.5 Å². The fraction of sp³-hybridized carbons (Fsp3) is 0.194. The highest BCUT2D eigenvalue weighted by molar-refractivity contribution is 5.94. The van der Waals surface area contributed by atoms with Crippen molar-refractivity contribution in [2.45, 2.75) is 0 Å². The van der Waals surface area contributed by atoms with Crippen molar-refractivity contribution < 1.29 is 9.53 Å². The molecule has 5 aromatic rings. The zero-order valence-corrected chi connectivity index (χ0v) is 22.7. The Morgan fingerprint density at radius 1 is 0.951 bits per heavy atom. The summed E-state index contributed by atoms with van der Waals surface area (Å²) >= 11 is 0. The Kier molecular flexibility index (Phi) is 6.80. The number of rotatable bonds is 4. The van der Waals surface area contributed by atoms with Crippen LogP contribution in [0.4, 0.5) is 5.82 Å². The quantitative estimate of drug-likeness (QED) is 0.321. The molecule has 0 spiro atoms. The minimum absolute atomic E-state index is 0.192. The summed E-state index contributed by atoms with van der Waals surface area (Å²) in [5.41, 5.74) is 5.60. The van der Waals surface area contributed by atoms with Crippen molar-refractivity contribution in [2.24, 2.45) is 7.05 Å². The maximum Gasteiger partial charge on any atom is 0.298 e. The second kappa shape index (κ2) is 10.9. The van der Waals surface area contributed by atoms with Crippen molar-refractivity contribution in [3.8, 4) is 45.9 Å². The molecule has 0 aliphatic carbocycles. The van der Waals surface area contributed by atoms with Crippen LogP contribution in [0, 0.1) is 23.2 Å². The van der Waals surface area contributed by atoms with E-state index in [0.717, 1.165) is 39.2 Å². The number of methoxy groups -OCH3 is 1. The maximum atomic E-state index is 12.7. The van der Waals surface area contributed by atoms with Crippen molar-refractivity contribution in [3.05, 3.63) is 84.6 Å². The Morgan fingerprint density at radius 2 is 1.80 bits per heavy atom. The highest BCUT2D eigenvalue weighted by Gasteiger charge is 2.21. The summed E-state index contributed by atoms with van der Waals surface area (Å²) in [6.45, 7) is 2.43. The molecule has 1 aliphatic rings. The van der Waals surface area contributed by atoms with Crippen LogP contribution in [0.2, 0.25) is 0 Å². The van der Waals surface area contributed by atoms with Gasteiger partial charge in [0, 0.05) is 85.6 Å². The molecule has 1 aromatic carbocycles. The number of anilines is 1. The number of fused-ring (bicyclic) bond motifs is 1. The lowest BCUT2D eigenvalue weighted by atomic mass is 10.0. The first kappa shape index (κ1) is 25.7. The highest BCUT2D eigenvalue weighted by Crippen LogP contribution is 2.32. The van der Waals surface area contributed by atoms with E-state index >= 15 is 0 Å². The zero-order chi connectivity index (χ0) is 28.3. The Bertz CT molecular complexity index is 1850. The molecule has 6 rings (SSSR count). The number of hydrogen-bond donors (Lipinski definition) is 0. The first-order valence-electron chi connectivity index (χ1n) is 13.1. The summed E-state index contributed by atoms with van der Waals surface area (Å²) in [5, 5.41) is 18.4. The standard InChI is InChI=1S/C31H26N8O2/c1-36-20-26(19-34-36)24-15-28(31-25(16-32)18-35-39(31)21-24)23-7-8-29(33-17-23)37-10-12-38(13-11-37)30(40)9-6-22-4-3-5-27(14-22)41-2/h3-5,7-8,14-15,17-21H,10-13H2,1-2H3. The Morgan fingerprint density at radius 3 is 2.51 bits per heavy atom. The molecule has 41 heavy (non-hydrogen) atoms. The van der Waals surface area contributed by atoms with Gasteiger partial charge in [0.05, 0.1) is 30.6 Å². The van der Waals surface area contributed by atoms with Gasteiger partial charge in [-0.25, -0.2) is 9.50 Å². The van der Waals surface area contributed by atoms with E-state index in [2.05, 4.69) is 33.0 Å². The number of aryl methyl sites for hydroxylation is 1. The minimum Gasteiger partial charge on any atom is -0.497 e. The Balaban J connectivity index is 1.18. The summed E-state index contributed by atoms with van der Waals surface area (Å²) in [5.74, 6) is 7.03.